The van der Waals surface area contributed by atoms with Gasteiger partial charge in [0.25, 0.3) is 0 Å². The molecule has 0 heterocycles. The van der Waals surface area contributed by atoms with Crippen LogP contribution in [-0.4, -0.2) is 34.7 Å². The van der Waals surface area contributed by atoms with Crippen LogP contribution in [0.4, 0.5) is 18.9 Å². The number of hydrogen-bond acceptors (Lipinski definition) is 3. The Morgan fingerprint density at radius 2 is 1.67 bits per heavy atom. The highest BCUT2D eigenvalue weighted by molar-refractivity contribution is 5.78. The predicted molar refractivity (Wildman–Crippen MR) is 67.6 cm³/mol. The lowest BCUT2D eigenvalue weighted by Crippen LogP contribution is -2.43. The zero-order chi connectivity index (χ0) is 16.3. The molecular weight excluding hydrogens is 291 g/mol. The monoisotopic (exact) mass is 305 g/mol. The Bertz CT molecular complexity index is 565. The molecule has 0 saturated carbocycles. The van der Waals surface area contributed by atoms with Gasteiger partial charge < -0.3 is 15.1 Å². The largest absolute Gasteiger partial charge is 0.481 e. The molecule has 0 aliphatic heterocycles. The Kier molecular flexibility index (Phi) is 5.17. The van der Waals surface area contributed by atoms with Crippen LogP contribution in [0.5, 0.6) is 0 Å². The summed E-state index contributed by atoms with van der Waals surface area (Å²) in [6.45, 7) is 2.12. The topological polar surface area (TPSA) is 77.8 Å². The summed E-state index contributed by atoms with van der Waals surface area (Å²) in [5.74, 6) is -8.30. The van der Waals surface area contributed by atoms with Crippen molar-refractivity contribution in [2.45, 2.75) is 19.9 Å². The van der Waals surface area contributed by atoms with Gasteiger partial charge in [-0.25, -0.2) is 18.0 Å². The number of hydrogen-bond donors (Lipinski definition) is 2. The van der Waals surface area contributed by atoms with Crippen molar-refractivity contribution in [2.75, 3.05) is 11.4 Å². The quantitative estimate of drug-likeness (QED) is 0.787. The third kappa shape index (κ3) is 3.65. The normalized spacial score (nSPS) is 13.6. The van der Waals surface area contributed by atoms with Crippen molar-refractivity contribution in [2.24, 2.45) is 5.92 Å². The molecule has 2 atom stereocenters. The van der Waals surface area contributed by atoms with Gasteiger partial charge in [0.2, 0.25) is 0 Å². The van der Waals surface area contributed by atoms with Crippen LogP contribution >= 0.6 is 0 Å². The lowest BCUT2D eigenvalue weighted by atomic mass is 10.1. The molecule has 21 heavy (non-hydrogen) atoms. The van der Waals surface area contributed by atoms with Crippen LogP contribution in [0.2, 0.25) is 0 Å². The Morgan fingerprint density at radius 1 is 1.10 bits per heavy atom. The van der Waals surface area contributed by atoms with E-state index < -0.39 is 47.0 Å². The number of carboxylic acid groups (broad SMARTS) is 2. The SMILES string of the molecule is CC(CN(c1ccc(F)c(F)c1F)C(C)C(=O)O)C(=O)O. The first-order valence-corrected chi connectivity index (χ1v) is 6.02. The van der Waals surface area contributed by atoms with Crippen molar-refractivity contribution in [3.05, 3.63) is 29.6 Å². The Balaban J connectivity index is 3.27. The minimum Gasteiger partial charge on any atom is -0.481 e. The highest BCUT2D eigenvalue weighted by Crippen LogP contribution is 2.26. The molecule has 8 heteroatoms. The van der Waals surface area contributed by atoms with E-state index in [1.54, 1.807) is 0 Å². The number of nitrogens with zero attached hydrogens (tertiary/aromatic N) is 1. The summed E-state index contributed by atoms with van der Waals surface area (Å²) in [6, 6.07) is 0.217. The number of carbonyl (C=O) groups is 2. The first kappa shape index (κ1) is 16.8. The zero-order valence-corrected chi connectivity index (χ0v) is 11.3. The van der Waals surface area contributed by atoms with E-state index in [1.807, 2.05) is 0 Å². The molecule has 0 amide bonds. The van der Waals surface area contributed by atoms with Crippen molar-refractivity contribution in [3.63, 3.8) is 0 Å². The molecule has 1 aromatic carbocycles. The summed E-state index contributed by atoms with van der Waals surface area (Å²) >= 11 is 0. The summed E-state index contributed by atoms with van der Waals surface area (Å²) in [6.07, 6.45) is 0. The standard InChI is InChI=1S/C13H14F3NO4/c1-6(12(18)19)5-17(7(2)13(20)21)9-4-3-8(14)10(15)11(9)16/h3-4,6-7H,5H2,1-2H3,(H,18,19)(H,20,21). The van der Waals surface area contributed by atoms with Crippen LogP contribution in [0, 0.1) is 23.4 Å². The number of halogens is 3. The van der Waals surface area contributed by atoms with E-state index in [9.17, 15) is 22.8 Å². The van der Waals surface area contributed by atoms with Crippen molar-refractivity contribution in [1.29, 1.82) is 0 Å². The van der Waals surface area contributed by atoms with E-state index >= 15 is 0 Å². The minimum absolute atomic E-state index is 0.370. The maximum absolute atomic E-state index is 13.8. The molecule has 116 valence electrons. The van der Waals surface area contributed by atoms with Gasteiger partial charge in [0, 0.05) is 6.54 Å². The van der Waals surface area contributed by atoms with Crippen molar-refractivity contribution in [1.82, 2.24) is 0 Å². The molecule has 0 aliphatic carbocycles. The molecule has 0 bridgehead atoms. The molecule has 2 N–H and O–H groups in total. The van der Waals surface area contributed by atoms with Crippen LogP contribution < -0.4 is 4.90 Å². The van der Waals surface area contributed by atoms with Crippen LogP contribution in [0.1, 0.15) is 13.8 Å². The summed E-state index contributed by atoms with van der Waals surface area (Å²) in [5.41, 5.74) is -0.503. The smallest absolute Gasteiger partial charge is 0.326 e. The number of carboxylic acids is 2. The summed E-state index contributed by atoms with van der Waals surface area (Å²) < 4.78 is 40.0. The van der Waals surface area contributed by atoms with Gasteiger partial charge in [-0.3, -0.25) is 4.79 Å². The van der Waals surface area contributed by atoms with Gasteiger partial charge in [0.1, 0.15) is 6.04 Å². The van der Waals surface area contributed by atoms with Gasteiger partial charge >= 0.3 is 11.9 Å². The molecule has 0 radical (unpaired) electrons. The molecule has 0 saturated heterocycles. The fourth-order valence-electron chi connectivity index (χ4n) is 1.71. The summed E-state index contributed by atoms with van der Waals surface area (Å²) in [5, 5.41) is 17.9. The molecule has 0 spiro atoms. The fourth-order valence-corrected chi connectivity index (χ4v) is 1.71. The average Bonchev–Trinajstić information content (AvgIpc) is 2.41. The van der Waals surface area contributed by atoms with E-state index in [2.05, 4.69) is 0 Å². The first-order valence-electron chi connectivity index (χ1n) is 6.02. The Morgan fingerprint density at radius 3 is 2.14 bits per heavy atom. The fraction of sp³-hybridized carbons (Fsp3) is 0.385. The van der Waals surface area contributed by atoms with Crippen LogP contribution in [0.15, 0.2) is 12.1 Å². The molecule has 1 rings (SSSR count). The van der Waals surface area contributed by atoms with Crippen LogP contribution in [0.3, 0.4) is 0 Å². The molecule has 0 fully saturated rings. The molecule has 0 aliphatic rings. The summed E-state index contributed by atoms with van der Waals surface area (Å²) in [7, 11) is 0. The predicted octanol–water partition coefficient (Wildman–Crippen LogP) is 2.10. The van der Waals surface area contributed by atoms with Gasteiger partial charge in [-0.2, -0.15) is 0 Å². The second-order valence-corrected chi connectivity index (χ2v) is 4.60. The second-order valence-electron chi connectivity index (χ2n) is 4.60. The van der Waals surface area contributed by atoms with Crippen LogP contribution in [-0.2, 0) is 9.59 Å². The molecule has 0 aromatic heterocycles. The van der Waals surface area contributed by atoms with E-state index in [1.165, 1.54) is 13.8 Å². The maximum Gasteiger partial charge on any atom is 0.326 e. The number of rotatable bonds is 6. The highest BCUT2D eigenvalue weighted by atomic mass is 19.2. The third-order valence-electron chi connectivity index (χ3n) is 3.04. The molecule has 1 aromatic rings. The van der Waals surface area contributed by atoms with Gasteiger partial charge in [-0.05, 0) is 19.1 Å². The van der Waals surface area contributed by atoms with Gasteiger partial charge in [0.15, 0.2) is 17.5 Å². The van der Waals surface area contributed by atoms with E-state index in [4.69, 9.17) is 10.2 Å². The van der Waals surface area contributed by atoms with E-state index in [0.717, 1.165) is 11.0 Å². The molecular formula is C13H14F3NO4. The van der Waals surface area contributed by atoms with Crippen molar-refractivity contribution in [3.8, 4) is 0 Å². The molecule has 2 unspecified atom stereocenters. The maximum atomic E-state index is 13.8. The number of anilines is 1. The second kappa shape index (κ2) is 6.47. The Labute approximate surface area is 118 Å². The molecule has 5 nitrogen and oxygen atoms in total. The first-order chi connectivity index (χ1) is 9.66. The van der Waals surface area contributed by atoms with Gasteiger partial charge in [-0.15, -0.1) is 0 Å². The third-order valence-corrected chi connectivity index (χ3v) is 3.04. The van der Waals surface area contributed by atoms with E-state index in [-0.39, 0.29) is 6.54 Å². The lowest BCUT2D eigenvalue weighted by molar-refractivity contribution is -0.142. The summed E-state index contributed by atoms with van der Waals surface area (Å²) in [4.78, 5) is 22.8. The highest BCUT2D eigenvalue weighted by Gasteiger charge is 2.28. The van der Waals surface area contributed by atoms with Gasteiger partial charge in [-0.1, -0.05) is 6.92 Å². The average molecular weight is 305 g/mol. The van der Waals surface area contributed by atoms with Crippen molar-refractivity contribution < 1.29 is 33.0 Å². The number of aliphatic carboxylic acids is 2. The zero-order valence-electron chi connectivity index (χ0n) is 11.3. The lowest BCUT2D eigenvalue weighted by Gasteiger charge is -2.30. The van der Waals surface area contributed by atoms with Crippen molar-refractivity contribution >= 4 is 17.6 Å². The minimum atomic E-state index is -1.74. The van der Waals surface area contributed by atoms with E-state index in [0.29, 0.717) is 6.07 Å². The van der Waals surface area contributed by atoms with Gasteiger partial charge in [0.05, 0.1) is 11.6 Å². The van der Waals surface area contributed by atoms with Crippen LogP contribution in [0.25, 0.3) is 0 Å². The number of benzene rings is 1. The Hall–Kier alpha value is -2.25.